The molecule has 1 aliphatic heterocycles. The van der Waals surface area contributed by atoms with Crippen LogP contribution < -0.4 is 5.32 Å². The summed E-state index contributed by atoms with van der Waals surface area (Å²) in [6.45, 7) is 5.14. The minimum atomic E-state index is -0.774. The lowest BCUT2D eigenvalue weighted by Gasteiger charge is -2.28. The van der Waals surface area contributed by atoms with Gasteiger partial charge in [-0.25, -0.2) is 8.78 Å². The molecule has 1 aromatic rings. The summed E-state index contributed by atoms with van der Waals surface area (Å²) in [4.78, 5) is 0. The lowest BCUT2D eigenvalue weighted by Crippen LogP contribution is -2.27. The Bertz CT molecular complexity index is 374. The normalized spacial score (nSPS) is 19.9. The van der Waals surface area contributed by atoms with Crippen LogP contribution in [0.1, 0.15) is 19.4 Å². The van der Waals surface area contributed by atoms with E-state index >= 15 is 0 Å². The summed E-state index contributed by atoms with van der Waals surface area (Å²) in [6.07, 6.45) is 0.831. The van der Waals surface area contributed by atoms with Crippen LogP contribution >= 0.6 is 0 Å². The Kier molecular flexibility index (Phi) is 2.63. The molecule has 0 amide bonds. The SMILES string of the molecule is CC(C)C1CNc2cc(F)c(F)cc2C1. The van der Waals surface area contributed by atoms with Crippen LogP contribution in [0.4, 0.5) is 14.5 Å². The zero-order valence-electron chi connectivity index (χ0n) is 8.98. The van der Waals surface area contributed by atoms with Gasteiger partial charge in [-0.3, -0.25) is 0 Å². The first kappa shape index (κ1) is 10.4. The molecule has 1 atom stereocenters. The highest BCUT2D eigenvalue weighted by atomic mass is 19.2. The molecule has 0 aromatic heterocycles. The van der Waals surface area contributed by atoms with E-state index in [1.807, 2.05) is 0 Å². The molecular weight excluding hydrogens is 196 g/mol. The van der Waals surface area contributed by atoms with Gasteiger partial charge in [-0.1, -0.05) is 13.8 Å². The van der Waals surface area contributed by atoms with Crippen LogP contribution in [0.3, 0.4) is 0 Å². The summed E-state index contributed by atoms with van der Waals surface area (Å²) in [7, 11) is 0. The predicted octanol–water partition coefficient (Wildman–Crippen LogP) is 3.21. The van der Waals surface area contributed by atoms with Gasteiger partial charge in [0.2, 0.25) is 0 Å². The highest BCUT2D eigenvalue weighted by Gasteiger charge is 2.22. The minimum absolute atomic E-state index is 0.502. The van der Waals surface area contributed by atoms with E-state index in [1.165, 1.54) is 12.1 Å². The van der Waals surface area contributed by atoms with E-state index in [-0.39, 0.29) is 0 Å². The van der Waals surface area contributed by atoms with Gasteiger partial charge in [0.05, 0.1) is 0 Å². The van der Waals surface area contributed by atoms with Crippen LogP contribution in [0.15, 0.2) is 12.1 Å². The first-order chi connectivity index (χ1) is 7.08. The number of halogens is 2. The topological polar surface area (TPSA) is 12.0 Å². The third-order valence-electron chi connectivity index (χ3n) is 3.13. The van der Waals surface area contributed by atoms with E-state index < -0.39 is 11.6 Å². The van der Waals surface area contributed by atoms with Crippen molar-refractivity contribution in [2.45, 2.75) is 20.3 Å². The van der Waals surface area contributed by atoms with Gasteiger partial charge in [-0.05, 0) is 29.9 Å². The summed E-state index contributed by atoms with van der Waals surface area (Å²) >= 11 is 0. The van der Waals surface area contributed by atoms with E-state index in [1.54, 1.807) is 0 Å². The highest BCUT2D eigenvalue weighted by molar-refractivity contribution is 5.53. The summed E-state index contributed by atoms with van der Waals surface area (Å²) in [5.74, 6) is -0.467. The van der Waals surface area contributed by atoms with Crippen molar-refractivity contribution in [1.29, 1.82) is 0 Å². The number of fused-ring (bicyclic) bond motifs is 1. The zero-order valence-corrected chi connectivity index (χ0v) is 8.98. The maximum atomic E-state index is 13.0. The van der Waals surface area contributed by atoms with Crippen molar-refractivity contribution in [2.24, 2.45) is 11.8 Å². The first-order valence-corrected chi connectivity index (χ1v) is 5.29. The number of hydrogen-bond acceptors (Lipinski definition) is 1. The van der Waals surface area contributed by atoms with Crippen LogP contribution in [0, 0.1) is 23.5 Å². The molecule has 1 aliphatic rings. The van der Waals surface area contributed by atoms with Crippen molar-refractivity contribution >= 4 is 5.69 Å². The van der Waals surface area contributed by atoms with Crippen LogP contribution in [-0.2, 0) is 6.42 Å². The Morgan fingerprint density at radius 1 is 1.27 bits per heavy atom. The minimum Gasteiger partial charge on any atom is -0.384 e. The number of rotatable bonds is 1. The first-order valence-electron chi connectivity index (χ1n) is 5.29. The van der Waals surface area contributed by atoms with E-state index in [4.69, 9.17) is 0 Å². The fraction of sp³-hybridized carbons (Fsp3) is 0.500. The molecule has 1 N–H and O–H groups in total. The summed E-state index contributed by atoms with van der Waals surface area (Å²) in [5, 5.41) is 3.16. The van der Waals surface area contributed by atoms with Crippen LogP contribution in [0.5, 0.6) is 0 Å². The predicted molar refractivity (Wildman–Crippen MR) is 56.9 cm³/mol. The smallest absolute Gasteiger partial charge is 0.160 e. The maximum absolute atomic E-state index is 13.0. The van der Waals surface area contributed by atoms with Crippen molar-refractivity contribution in [1.82, 2.24) is 0 Å². The highest BCUT2D eigenvalue weighted by Crippen LogP contribution is 2.29. The molecule has 0 fully saturated rings. The average Bonchev–Trinajstić information content (AvgIpc) is 2.19. The van der Waals surface area contributed by atoms with Gasteiger partial charge in [-0.15, -0.1) is 0 Å². The lowest BCUT2D eigenvalue weighted by molar-refractivity contribution is 0.391. The summed E-state index contributed by atoms with van der Waals surface area (Å²) in [6, 6.07) is 2.56. The molecule has 0 saturated heterocycles. The van der Waals surface area contributed by atoms with Gasteiger partial charge in [0.1, 0.15) is 0 Å². The third kappa shape index (κ3) is 1.96. The Labute approximate surface area is 88.5 Å². The van der Waals surface area contributed by atoms with E-state index in [0.29, 0.717) is 11.8 Å². The number of benzene rings is 1. The molecule has 0 spiro atoms. The molecule has 1 nitrogen and oxygen atoms in total. The van der Waals surface area contributed by atoms with Gasteiger partial charge < -0.3 is 5.32 Å². The molecule has 0 bridgehead atoms. The van der Waals surface area contributed by atoms with Crippen molar-refractivity contribution in [3.05, 3.63) is 29.3 Å². The second-order valence-corrected chi connectivity index (χ2v) is 4.51. The quantitative estimate of drug-likeness (QED) is 0.752. The third-order valence-corrected chi connectivity index (χ3v) is 3.13. The Hall–Kier alpha value is -1.12. The van der Waals surface area contributed by atoms with Gasteiger partial charge in [0.25, 0.3) is 0 Å². The Morgan fingerprint density at radius 2 is 1.93 bits per heavy atom. The fourth-order valence-corrected chi connectivity index (χ4v) is 1.99. The van der Waals surface area contributed by atoms with Crippen molar-refractivity contribution in [3.8, 4) is 0 Å². The molecule has 1 unspecified atom stereocenters. The molecule has 82 valence electrons. The molecule has 1 aromatic carbocycles. The van der Waals surface area contributed by atoms with Gasteiger partial charge in [-0.2, -0.15) is 0 Å². The zero-order chi connectivity index (χ0) is 11.0. The summed E-state index contributed by atoms with van der Waals surface area (Å²) < 4.78 is 26.0. The number of nitrogens with one attached hydrogen (secondary N) is 1. The Morgan fingerprint density at radius 3 is 2.60 bits per heavy atom. The molecule has 0 aliphatic carbocycles. The molecule has 2 rings (SSSR count). The largest absolute Gasteiger partial charge is 0.384 e. The maximum Gasteiger partial charge on any atom is 0.160 e. The molecule has 3 heteroatoms. The van der Waals surface area contributed by atoms with E-state index in [2.05, 4.69) is 19.2 Å². The van der Waals surface area contributed by atoms with Crippen molar-refractivity contribution in [3.63, 3.8) is 0 Å². The molecule has 0 saturated carbocycles. The standard InChI is InChI=1S/C12H15F2N/c1-7(2)9-3-8-4-10(13)11(14)5-12(8)15-6-9/h4-5,7,9,15H,3,6H2,1-2H3. The summed E-state index contributed by atoms with van der Waals surface area (Å²) in [5.41, 5.74) is 1.63. The van der Waals surface area contributed by atoms with E-state index in [0.717, 1.165) is 24.2 Å². The van der Waals surface area contributed by atoms with Gasteiger partial charge >= 0.3 is 0 Å². The lowest BCUT2D eigenvalue weighted by atomic mass is 9.86. The second-order valence-electron chi connectivity index (χ2n) is 4.51. The second kappa shape index (κ2) is 3.80. The monoisotopic (exact) mass is 211 g/mol. The van der Waals surface area contributed by atoms with Crippen LogP contribution in [0.25, 0.3) is 0 Å². The fourth-order valence-electron chi connectivity index (χ4n) is 1.99. The number of anilines is 1. The number of hydrogen-bond donors (Lipinski definition) is 1. The van der Waals surface area contributed by atoms with Gasteiger partial charge in [0, 0.05) is 18.3 Å². The molecule has 15 heavy (non-hydrogen) atoms. The average molecular weight is 211 g/mol. The van der Waals surface area contributed by atoms with Crippen LogP contribution in [-0.4, -0.2) is 6.54 Å². The molecule has 0 radical (unpaired) electrons. The molecular formula is C12H15F2N. The van der Waals surface area contributed by atoms with E-state index in [9.17, 15) is 8.78 Å². The van der Waals surface area contributed by atoms with Gasteiger partial charge in [0.15, 0.2) is 11.6 Å². The van der Waals surface area contributed by atoms with Crippen molar-refractivity contribution in [2.75, 3.05) is 11.9 Å². The molecule has 1 heterocycles. The van der Waals surface area contributed by atoms with Crippen molar-refractivity contribution < 1.29 is 8.78 Å². The van der Waals surface area contributed by atoms with Crippen LogP contribution in [0.2, 0.25) is 0 Å². The Balaban J connectivity index is 2.30.